The van der Waals surface area contributed by atoms with Gasteiger partial charge >= 0.3 is 0 Å². The lowest BCUT2D eigenvalue weighted by molar-refractivity contribution is 0.415. The van der Waals surface area contributed by atoms with Crippen LogP contribution in [0.5, 0.6) is 5.75 Å². The van der Waals surface area contributed by atoms with Crippen LogP contribution in [0.1, 0.15) is 49.3 Å². The molecule has 0 unspecified atom stereocenters. The topological polar surface area (TPSA) is 9.23 Å². The maximum Gasteiger partial charge on any atom is 0.118 e. The molecule has 0 aliphatic rings. The van der Waals surface area contributed by atoms with Crippen molar-refractivity contribution < 1.29 is 4.74 Å². The summed E-state index contributed by atoms with van der Waals surface area (Å²) in [4.78, 5) is 0. The molecular formula is C22H22O. The van der Waals surface area contributed by atoms with E-state index >= 15 is 0 Å². The van der Waals surface area contributed by atoms with Gasteiger partial charge in [-0.05, 0) is 55.0 Å². The molecule has 116 valence electrons. The number of hydrogen-bond acceptors (Lipinski definition) is 1. The van der Waals surface area contributed by atoms with E-state index in [0.29, 0.717) is 0 Å². The zero-order chi connectivity index (χ0) is 16.3. The minimum Gasteiger partial charge on any atom is -0.497 e. The van der Waals surface area contributed by atoms with Crippen molar-refractivity contribution in [1.82, 2.24) is 0 Å². The summed E-state index contributed by atoms with van der Waals surface area (Å²) in [5.74, 6) is 13.6. The fourth-order valence-electron chi connectivity index (χ4n) is 2.08. The highest BCUT2D eigenvalue weighted by molar-refractivity contribution is 5.46. The molecule has 0 aliphatic carbocycles. The number of benzene rings is 2. The van der Waals surface area contributed by atoms with Crippen molar-refractivity contribution in [3.8, 4) is 29.4 Å². The molecule has 0 amide bonds. The molecule has 1 heteroatoms. The Hall–Kier alpha value is -2.64. The maximum atomic E-state index is 5.14. The van der Waals surface area contributed by atoms with Gasteiger partial charge in [-0.1, -0.05) is 43.4 Å². The monoisotopic (exact) mass is 302 g/mol. The van der Waals surface area contributed by atoms with Crippen molar-refractivity contribution in [2.75, 3.05) is 7.11 Å². The van der Waals surface area contributed by atoms with Gasteiger partial charge in [0, 0.05) is 23.1 Å². The summed E-state index contributed by atoms with van der Waals surface area (Å²) in [6, 6.07) is 15.9. The summed E-state index contributed by atoms with van der Waals surface area (Å²) in [5, 5.41) is 0. The summed E-state index contributed by atoms with van der Waals surface area (Å²) >= 11 is 0. The van der Waals surface area contributed by atoms with Gasteiger partial charge in [0.05, 0.1) is 7.11 Å². The second-order valence-corrected chi connectivity index (χ2v) is 5.31. The normalized spacial score (nSPS) is 9.30. The van der Waals surface area contributed by atoms with E-state index in [1.54, 1.807) is 7.11 Å². The van der Waals surface area contributed by atoms with Crippen LogP contribution < -0.4 is 4.74 Å². The average molecular weight is 302 g/mol. The van der Waals surface area contributed by atoms with Crippen molar-refractivity contribution in [2.45, 2.75) is 32.6 Å². The van der Waals surface area contributed by atoms with E-state index in [2.05, 4.69) is 30.6 Å². The molecule has 0 N–H and O–H groups in total. The average Bonchev–Trinajstić information content (AvgIpc) is 2.61. The first kappa shape index (κ1) is 16.7. The van der Waals surface area contributed by atoms with E-state index in [0.717, 1.165) is 28.9 Å². The van der Waals surface area contributed by atoms with E-state index < -0.39 is 0 Å². The second-order valence-electron chi connectivity index (χ2n) is 5.31. The third-order valence-corrected chi connectivity index (χ3v) is 3.46. The Balaban J connectivity index is 1.95. The quantitative estimate of drug-likeness (QED) is 0.569. The van der Waals surface area contributed by atoms with Crippen molar-refractivity contribution in [2.24, 2.45) is 0 Å². The minimum absolute atomic E-state index is 0.845. The van der Waals surface area contributed by atoms with Gasteiger partial charge in [0.2, 0.25) is 0 Å². The predicted molar refractivity (Wildman–Crippen MR) is 96.4 cm³/mol. The third-order valence-electron chi connectivity index (χ3n) is 3.46. The first-order valence-corrected chi connectivity index (χ1v) is 8.07. The third kappa shape index (κ3) is 5.93. The van der Waals surface area contributed by atoms with Gasteiger partial charge in [-0.2, -0.15) is 0 Å². The molecule has 0 atom stereocenters. The van der Waals surface area contributed by atoms with Gasteiger partial charge in [-0.25, -0.2) is 0 Å². The van der Waals surface area contributed by atoms with Crippen LogP contribution in [-0.4, -0.2) is 7.11 Å². The van der Waals surface area contributed by atoms with Crippen LogP contribution in [0.4, 0.5) is 0 Å². The number of rotatable bonds is 4. The largest absolute Gasteiger partial charge is 0.497 e. The molecule has 0 radical (unpaired) electrons. The summed E-state index contributed by atoms with van der Waals surface area (Å²) < 4.78 is 5.14. The Morgan fingerprint density at radius 1 is 0.739 bits per heavy atom. The lowest BCUT2D eigenvalue weighted by atomic mass is 10.1. The van der Waals surface area contributed by atoms with Crippen molar-refractivity contribution in [3.05, 3.63) is 65.2 Å². The van der Waals surface area contributed by atoms with Crippen LogP contribution in [0, 0.1) is 23.7 Å². The summed E-state index contributed by atoms with van der Waals surface area (Å²) in [7, 11) is 1.66. The Morgan fingerprint density at radius 3 is 1.78 bits per heavy atom. The highest BCUT2D eigenvalue weighted by Gasteiger charge is 1.91. The van der Waals surface area contributed by atoms with E-state index in [1.807, 2.05) is 48.5 Å². The highest BCUT2D eigenvalue weighted by atomic mass is 16.5. The van der Waals surface area contributed by atoms with Crippen LogP contribution in [0.15, 0.2) is 48.5 Å². The first-order valence-electron chi connectivity index (χ1n) is 8.07. The van der Waals surface area contributed by atoms with Crippen molar-refractivity contribution >= 4 is 0 Å². The molecule has 0 aromatic heterocycles. The summed E-state index contributed by atoms with van der Waals surface area (Å²) in [6.07, 6.45) is 4.67. The first-order chi connectivity index (χ1) is 11.3. The maximum absolute atomic E-state index is 5.14. The number of unbranched alkanes of at least 4 members (excludes halogenated alkanes) is 3. The van der Waals surface area contributed by atoms with Gasteiger partial charge in [-0.3, -0.25) is 0 Å². The molecule has 23 heavy (non-hydrogen) atoms. The molecule has 0 bridgehead atoms. The van der Waals surface area contributed by atoms with Crippen LogP contribution >= 0.6 is 0 Å². The van der Waals surface area contributed by atoms with E-state index in [1.165, 1.54) is 19.3 Å². The molecule has 1 nitrogen and oxygen atoms in total. The summed E-state index contributed by atoms with van der Waals surface area (Å²) in [6.45, 7) is 2.21. The highest BCUT2D eigenvalue weighted by Crippen LogP contribution is 2.10. The molecule has 0 heterocycles. The van der Waals surface area contributed by atoms with Crippen molar-refractivity contribution in [3.63, 3.8) is 0 Å². The van der Waals surface area contributed by atoms with Crippen LogP contribution in [0.3, 0.4) is 0 Å². The Kier molecular flexibility index (Phi) is 6.83. The number of hydrogen-bond donors (Lipinski definition) is 0. The molecule has 2 aromatic rings. The fourth-order valence-corrected chi connectivity index (χ4v) is 2.08. The zero-order valence-corrected chi connectivity index (χ0v) is 13.9. The van der Waals surface area contributed by atoms with E-state index in [4.69, 9.17) is 4.74 Å². The fraction of sp³-hybridized carbons (Fsp3) is 0.273. The van der Waals surface area contributed by atoms with Crippen LogP contribution in [0.2, 0.25) is 0 Å². The Bertz CT molecular complexity index is 716. The van der Waals surface area contributed by atoms with Gasteiger partial charge in [-0.15, -0.1) is 0 Å². The zero-order valence-electron chi connectivity index (χ0n) is 13.9. The SMILES string of the molecule is CCCCCC#Cc1ccc(C#Cc2ccc(OC)cc2)cc1. The molecule has 0 saturated heterocycles. The predicted octanol–water partition coefficient (Wildman–Crippen LogP) is 5.03. The summed E-state index contributed by atoms with van der Waals surface area (Å²) in [5.41, 5.74) is 3.03. The Labute approximate surface area is 139 Å². The standard InChI is InChI=1S/C22H22O/c1-3-4-5-6-7-8-19-9-11-20(12-10-19)13-14-21-15-17-22(23-2)18-16-21/h9-12,15-18H,3-6H2,1-2H3. The molecule has 0 spiro atoms. The van der Waals surface area contributed by atoms with Gasteiger partial charge in [0.15, 0.2) is 0 Å². The van der Waals surface area contributed by atoms with E-state index in [-0.39, 0.29) is 0 Å². The van der Waals surface area contributed by atoms with E-state index in [9.17, 15) is 0 Å². The minimum atomic E-state index is 0.845. The molecular weight excluding hydrogens is 280 g/mol. The number of ether oxygens (including phenoxy) is 1. The van der Waals surface area contributed by atoms with Crippen molar-refractivity contribution in [1.29, 1.82) is 0 Å². The second kappa shape index (κ2) is 9.39. The lowest BCUT2D eigenvalue weighted by Crippen LogP contribution is -1.82. The van der Waals surface area contributed by atoms with Gasteiger partial charge < -0.3 is 4.74 Å². The van der Waals surface area contributed by atoms with Crippen LogP contribution in [0.25, 0.3) is 0 Å². The molecule has 0 fully saturated rings. The molecule has 0 aliphatic heterocycles. The lowest BCUT2D eigenvalue weighted by Gasteiger charge is -1.97. The van der Waals surface area contributed by atoms with Crippen LogP contribution in [-0.2, 0) is 0 Å². The van der Waals surface area contributed by atoms with Gasteiger partial charge in [0.1, 0.15) is 5.75 Å². The smallest absolute Gasteiger partial charge is 0.118 e. The number of methoxy groups -OCH3 is 1. The van der Waals surface area contributed by atoms with Gasteiger partial charge in [0.25, 0.3) is 0 Å². The molecule has 2 rings (SSSR count). The molecule has 2 aromatic carbocycles. The molecule has 0 saturated carbocycles. The Morgan fingerprint density at radius 2 is 1.26 bits per heavy atom.